The molecule has 0 saturated carbocycles. The van der Waals surface area contributed by atoms with Gasteiger partial charge in [0, 0.05) is 32.1 Å². The van der Waals surface area contributed by atoms with E-state index < -0.39 is 0 Å². The van der Waals surface area contributed by atoms with Gasteiger partial charge >= 0.3 is 0 Å². The van der Waals surface area contributed by atoms with Crippen LogP contribution in [-0.2, 0) is 22.6 Å². The molecule has 0 radical (unpaired) electrons. The molecule has 0 aliphatic carbocycles. The van der Waals surface area contributed by atoms with Crippen molar-refractivity contribution in [2.75, 3.05) is 11.9 Å². The maximum atomic E-state index is 11.9. The van der Waals surface area contributed by atoms with E-state index in [0.717, 1.165) is 17.7 Å². The lowest BCUT2D eigenvalue weighted by Gasteiger charge is -2.26. The first-order valence-electron chi connectivity index (χ1n) is 7.41. The molecule has 0 bridgehead atoms. The van der Waals surface area contributed by atoms with E-state index >= 15 is 0 Å². The maximum absolute atomic E-state index is 11.9. The van der Waals surface area contributed by atoms with Gasteiger partial charge in [-0.05, 0) is 29.0 Å². The quantitative estimate of drug-likeness (QED) is 0.929. The fraction of sp³-hybridized carbons (Fsp3) is 0.529. The van der Waals surface area contributed by atoms with E-state index in [4.69, 9.17) is 0 Å². The van der Waals surface area contributed by atoms with Crippen molar-refractivity contribution in [3.63, 3.8) is 0 Å². The van der Waals surface area contributed by atoms with Crippen molar-refractivity contribution >= 4 is 17.5 Å². The molecule has 21 heavy (non-hydrogen) atoms. The van der Waals surface area contributed by atoms with Crippen LogP contribution < -0.4 is 10.2 Å². The van der Waals surface area contributed by atoms with Crippen LogP contribution in [0.1, 0.15) is 44.7 Å². The zero-order valence-electron chi connectivity index (χ0n) is 13.3. The highest BCUT2D eigenvalue weighted by Gasteiger charge is 2.21. The molecule has 0 aromatic heterocycles. The lowest BCUT2D eigenvalue weighted by molar-refractivity contribution is -0.123. The molecule has 1 aromatic rings. The lowest BCUT2D eigenvalue weighted by Crippen LogP contribution is -2.31. The number of nitrogens with one attached hydrogen (secondary N) is 1. The number of anilines is 1. The normalized spacial score (nSPS) is 14.9. The Kier molecular flexibility index (Phi) is 4.35. The molecule has 1 aromatic carbocycles. The van der Waals surface area contributed by atoms with Gasteiger partial charge in [0.1, 0.15) is 0 Å². The third-order valence-corrected chi connectivity index (χ3v) is 3.67. The summed E-state index contributed by atoms with van der Waals surface area (Å²) in [5.74, 6) is 0.237. The number of amides is 2. The molecule has 0 fully saturated rings. The fourth-order valence-electron chi connectivity index (χ4n) is 2.56. The molecule has 4 nitrogen and oxygen atoms in total. The molecule has 0 saturated heterocycles. The zero-order valence-corrected chi connectivity index (χ0v) is 13.3. The van der Waals surface area contributed by atoms with Crippen molar-refractivity contribution in [1.29, 1.82) is 0 Å². The van der Waals surface area contributed by atoms with Crippen molar-refractivity contribution in [3.05, 3.63) is 29.3 Å². The second kappa shape index (κ2) is 5.88. The van der Waals surface area contributed by atoms with E-state index in [1.807, 2.05) is 19.2 Å². The predicted octanol–water partition coefficient (Wildman–Crippen LogP) is 2.65. The summed E-state index contributed by atoms with van der Waals surface area (Å²) in [6, 6.07) is 6.04. The number of carbonyl (C=O) groups is 2. The van der Waals surface area contributed by atoms with Gasteiger partial charge in [-0.25, -0.2) is 0 Å². The third kappa shape index (κ3) is 4.06. The van der Waals surface area contributed by atoms with Gasteiger partial charge in [-0.1, -0.05) is 32.9 Å². The standard InChI is InChI=1S/C17H24N2O2/c1-17(2,3)10-15(20)18-11-12-5-7-14-13(9-12)6-8-16(21)19(14)4/h5,7,9H,6,8,10-11H2,1-4H3,(H,18,20). The molecular formula is C17H24N2O2. The molecular weight excluding hydrogens is 264 g/mol. The predicted molar refractivity (Wildman–Crippen MR) is 84.1 cm³/mol. The van der Waals surface area contributed by atoms with Crippen LogP contribution in [0.15, 0.2) is 18.2 Å². The smallest absolute Gasteiger partial charge is 0.227 e. The van der Waals surface area contributed by atoms with E-state index in [0.29, 0.717) is 19.4 Å². The minimum atomic E-state index is 0.00299. The Hall–Kier alpha value is -1.84. The molecule has 1 heterocycles. The lowest BCUT2D eigenvalue weighted by atomic mass is 9.92. The van der Waals surface area contributed by atoms with Gasteiger partial charge in [-0.3, -0.25) is 9.59 Å². The van der Waals surface area contributed by atoms with Crippen LogP contribution in [0.4, 0.5) is 5.69 Å². The summed E-state index contributed by atoms with van der Waals surface area (Å²) in [4.78, 5) is 25.2. The molecule has 1 aliphatic rings. The number of hydrogen-bond donors (Lipinski definition) is 1. The first-order chi connectivity index (χ1) is 9.76. The fourth-order valence-corrected chi connectivity index (χ4v) is 2.56. The highest BCUT2D eigenvalue weighted by Crippen LogP contribution is 2.27. The molecule has 114 valence electrons. The first-order valence-corrected chi connectivity index (χ1v) is 7.41. The number of hydrogen-bond acceptors (Lipinski definition) is 2. The monoisotopic (exact) mass is 288 g/mol. The van der Waals surface area contributed by atoms with Crippen molar-refractivity contribution in [2.24, 2.45) is 5.41 Å². The van der Waals surface area contributed by atoms with Gasteiger partial charge < -0.3 is 10.2 Å². The Morgan fingerprint density at radius 3 is 2.67 bits per heavy atom. The number of carbonyl (C=O) groups excluding carboxylic acids is 2. The van der Waals surface area contributed by atoms with Crippen molar-refractivity contribution in [1.82, 2.24) is 5.32 Å². The van der Waals surface area contributed by atoms with E-state index in [1.165, 1.54) is 5.56 Å². The molecule has 2 rings (SSSR count). The Bertz CT molecular complexity index is 558. The number of aryl methyl sites for hydroxylation is 1. The first kappa shape index (κ1) is 15.5. The van der Waals surface area contributed by atoms with Crippen LogP contribution in [0.2, 0.25) is 0 Å². The van der Waals surface area contributed by atoms with Crippen LogP contribution in [0.3, 0.4) is 0 Å². The Morgan fingerprint density at radius 1 is 1.29 bits per heavy atom. The van der Waals surface area contributed by atoms with E-state index in [-0.39, 0.29) is 17.2 Å². The van der Waals surface area contributed by atoms with Gasteiger partial charge in [0.15, 0.2) is 0 Å². The maximum Gasteiger partial charge on any atom is 0.227 e. The summed E-state index contributed by atoms with van der Waals surface area (Å²) in [7, 11) is 1.81. The zero-order chi connectivity index (χ0) is 15.6. The van der Waals surface area contributed by atoms with Crippen LogP contribution in [-0.4, -0.2) is 18.9 Å². The molecule has 1 aliphatic heterocycles. The van der Waals surface area contributed by atoms with Gasteiger partial charge in [0.05, 0.1) is 0 Å². The summed E-state index contributed by atoms with van der Waals surface area (Å²) >= 11 is 0. The highest BCUT2D eigenvalue weighted by atomic mass is 16.2. The average Bonchev–Trinajstić information content (AvgIpc) is 2.39. The van der Waals surface area contributed by atoms with Crippen molar-refractivity contribution < 1.29 is 9.59 Å². The second-order valence-corrected chi connectivity index (χ2v) is 6.93. The molecule has 0 spiro atoms. The highest BCUT2D eigenvalue weighted by molar-refractivity contribution is 5.95. The Morgan fingerprint density at radius 2 is 2.00 bits per heavy atom. The topological polar surface area (TPSA) is 49.4 Å². The largest absolute Gasteiger partial charge is 0.352 e. The van der Waals surface area contributed by atoms with Crippen molar-refractivity contribution in [2.45, 2.75) is 46.6 Å². The number of benzene rings is 1. The van der Waals surface area contributed by atoms with Crippen LogP contribution in [0.5, 0.6) is 0 Å². The number of nitrogens with zero attached hydrogens (tertiary/aromatic N) is 1. The summed E-state index contributed by atoms with van der Waals surface area (Å²) in [5, 5.41) is 2.96. The molecule has 2 amide bonds. The van der Waals surface area contributed by atoms with Crippen LogP contribution in [0, 0.1) is 5.41 Å². The van der Waals surface area contributed by atoms with E-state index in [1.54, 1.807) is 4.90 Å². The molecule has 0 unspecified atom stereocenters. The molecule has 1 N–H and O–H groups in total. The van der Waals surface area contributed by atoms with E-state index in [9.17, 15) is 9.59 Å². The third-order valence-electron chi connectivity index (χ3n) is 3.67. The van der Waals surface area contributed by atoms with Gasteiger partial charge in [-0.15, -0.1) is 0 Å². The SMILES string of the molecule is CN1C(=O)CCc2cc(CNC(=O)CC(C)(C)C)ccc21. The Labute approximate surface area is 126 Å². The van der Waals surface area contributed by atoms with Crippen molar-refractivity contribution in [3.8, 4) is 0 Å². The average molecular weight is 288 g/mol. The summed E-state index contributed by atoms with van der Waals surface area (Å²) in [6.07, 6.45) is 1.86. The number of rotatable bonds is 3. The summed E-state index contributed by atoms with van der Waals surface area (Å²) < 4.78 is 0. The van der Waals surface area contributed by atoms with Crippen LogP contribution in [0.25, 0.3) is 0 Å². The summed E-state index contributed by atoms with van der Waals surface area (Å²) in [5.41, 5.74) is 3.25. The van der Waals surface area contributed by atoms with Gasteiger partial charge in [0.2, 0.25) is 11.8 Å². The molecule has 0 atom stereocenters. The minimum absolute atomic E-state index is 0.00299. The molecule has 4 heteroatoms. The van der Waals surface area contributed by atoms with Gasteiger partial charge in [-0.2, -0.15) is 0 Å². The Balaban J connectivity index is 2.00. The van der Waals surface area contributed by atoms with Gasteiger partial charge in [0.25, 0.3) is 0 Å². The second-order valence-electron chi connectivity index (χ2n) is 6.93. The minimum Gasteiger partial charge on any atom is -0.352 e. The van der Waals surface area contributed by atoms with Crippen LogP contribution >= 0.6 is 0 Å². The summed E-state index contributed by atoms with van der Waals surface area (Å²) in [6.45, 7) is 6.70. The number of fused-ring (bicyclic) bond motifs is 1. The van der Waals surface area contributed by atoms with E-state index in [2.05, 4.69) is 32.2 Å².